The molecular weight excluding hydrogens is 230 g/mol. The highest BCUT2D eigenvalue weighted by Crippen LogP contribution is 2.16. The monoisotopic (exact) mass is 253 g/mol. The SMILES string of the molecule is COCC1CCCN(CC(=O)N(C)CCC#N)C1. The average molecular weight is 253 g/mol. The minimum absolute atomic E-state index is 0.100. The summed E-state index contributed by atoms with van der Waals surface area (Å²) in [4.78, 5) is 15.8. The van der Waals surface area contributed by atoms with Crippen LogP contribution in [-0.2, 0) is 9.53 Å². The molecule has 1 aliphatic heterocycles. The molecule has 0 bridgehead atoms. The second-order valence-corrected chi connectivity index (χ2v) is 4.92. The number of ether oxygens (including phenoxy) is 1. The van der Waals surface area contributed by atoms with Gasteiger partial charge in [0.1, 0.15) is 0 Å². The van der Waals surface area contributed by atoms with Gasteiger partial charge in [-0.05, 0) is 25.3 Å². The summed E-state index contributed by atoms with van der Waals surface area (Å²) < 4.78 is 5.18. The minimum atomic E-state index is 0.100. The molecule has 0 radical (unpaired) electrons. The highest BCUT2D eigenvalue weighted by Gasteiger charge is 2.22. The van der Waals surface area contributed by atoms with Crippen molar-refractivity contribution in [2.75, 3.05) is 46.9 Å². The average Bonchev–Trinajstić information content (AvgIpc) is 2.36. The number of carbonyl (C=O) groups is 1. The Kier molecular flexibility index (Phi) is 6.69. The topological polar surface area (TPSA) is 56.6 Å². The Balaban J connectivity index is 2.32. The molecule has 1 amide bonds. The molecule has 0 aromatic carbocycles. The van der Waals surface area contributed by atoms with Gasteiger partial charge in [0.15, 0.2) is 0 Å². The summed E-state index contributed by atoms with van der Waals surface area (Å²) in [6.45, 7) is 3.67. The molecule has 5 heteroatoms. The van der Waals surface area contributed by atoms with Gasteiger partial charge in [-0.25, -0.2) is 0 Å². The smallest absolute Gasteiger partial charge is 0.236 e. The summed E-state index contributed by atoms with van der Waals surface area (Å²) in [5.74, 6) is 0.643. The number of hydrogen-bond donors (Lipinski definition) is 0. The number of amides is 1. The van der Waals surface area contributed by atoms with E-state index < -0.39 is 0 Å². The van der Waals surface area contributed by atoms with Crippen LogP contribution in [-0.4, -0.2) is 62.7 Å². The van der Waals surface area contributed by atoms with Crippen LogP contribution < -0.4 is 0 Å². The third kappa shape index (κ3) is 5.03. The highest BCUT2D eigenvalue weighted by atomic mass is 16.5. The third-order valence-corrected chi connectivity index (χ3v) is 3.35. The maximum Gasteiger partial charge on any atom is 0.236 e. The van der Waals surface area contributed by atoms with Crippen molar-refractivity contribution in [1.29, 1.82) is 5.26 Å². The number of likely N-dealkylation sites (tertiary alicyclic amines) is 1. The van der Waals surface area contributed by atoms with Crippen LogP contribution in [0, 0.1) is 17.2 Å². The predicted molar refractivity (Wildman–Crippen MR) is 68.9 cm³/mol. The van der Waals surface area contributed by atoms with Crippen molar-refractivity contribution in [2.45, 2.75) is 19.3 Å². The molecule has 0 aromatic rings. The maximum atomic E-state index is 11.9. The zero-order valence-electron chi connectivity index (χ0n) is 11.4. The van der Waals surface area contributed by atoms with Gasteiger partial charge in [0.05, 0.1) is 25.6 Å². The fraction of sp³-hybridized carbons (Fsp3) is 0.846. The summed E-state index contributed by atoms with van der Waals surface area (Å²) in [5.41, 5.74) is 0. The summed E-state index contributed by atoms with van der Waals surface area (Å²) in [7, 11) is 3.48. The van der Waals surface area contributed by atoms with E-state index in [1.807, 2.05) is 0 Å². The number of methoxy groups -OCH3 is 1. The molecule has 1 unspecified atom stereocenters. The van der Waals surface area contributed by atoms with Gasteiger partial charge in [-0.1, -0.05) is 0 Å². The van der Waals surface area contributed by atoms with Gasteiger partial charge in [-0.2, -0.15) is 5.26 Å². The first-order chi connectivity index (χ1) is 8.67. The molecule has 1 rings (SSSR count). The molecule has 1 saturated heterocycles. The minimum Gasteiger partial charge on any atom is -0.384 e. The Hall–Kier alpha value is -1.12. The molecule has 0 spiro atoms. The summed E-state index contributed by atoms with van der Waals surface area (Å²) in [6, 6.07) is 2.06. The van der Waals surface area contributed by atoms with Gasteiger partial charge in [0.25, 0.3) is 0 Å². The molecule has 1 atom stereocenters. The number of likely N-dealkylation sites (N-methyl/N-ethyl adjacent to an activating group) is 1. The molecular formula is C13H23N3O2. The summed E-state index contributed by atoms with van der Waals surface area (Å²) in [6.07, 6.45) is 2.71. The van der Waals surface area contributed by atoms with E-state index in [1.54, 1.807) is 19.1 Å². The van der Waals surface area contributed by atoms with Crippen molar-refractivity contribution in [1.82, 2.24) is 9.80 Å². The molecule has 0 aliphatic carbocycles. The zero-order chi connectivity index (χ0) is 13.4. The molecule has 0 N–H and O–H groups in total. The Morgan fingerprint density at radius 3 is 3.06 bits per heavy atom. The molecule has 18 heavy (non-hydrogen) atoms. The molecule has 5 nitrogen and oxygen atoms in total. The van der Waals surface area contributed by atoms with Crippen LogP contribution in [0.1, 0.15) is 19.3 Å². The molecule has 102 valence electrons. The lowest BCUT2D eigenvalue weighted by Crippen LogP contribution is -2.44. The standard InChI is InChI=1S/C13H23N3O2/c1-15(7-4-6-14)13(17)10-16-8-3-5-12(9-16)11-18-2/h12H,3-5,7-11H2,1-2H3. The molecule has 1 heterocycles. The van der Waals surface area contributed by atoms with E-state index in [1.165, 1.54) is 6.42 Å². The van der Waals surface area contributed by atoms with Gasteiger partial charge in [-0.15, -0.1) is 0 Å². The first-order valence-corrected chi connectivity index (χ1v) is 6.49. The Labute approximate surface area is 109 Å². The second-order valence-electron chi connectivity index (χ2n) is 4.92. The van der Waals surface area contributed by atoms with Crippen LogP contribution >= 0.6 is 0 Å². The van der Waals surface area contributed by atoms with E-state index in [2.05, 4.69) is 11.0 Å². The van der Waals surface area contributed by atoms with E-state index in [0.717, 1.165) is 26.1 Å². The van der Waals surface area contributed by atoms with Crippen molar-refractivity contribution >= 4 is 5.91 Å². The van der Waals surface area contributed by atoms with Crippen LogP contribution in [0.15, 0.2) is 0 Å². The lowest BCUT2D eigenvalue weighted by molar-refractivity contribution is -0.131. The number of hydrogen-bond acceptors (Lipinski definition) is 4. The van der Waals surface area contributed by atoms with Crippen LogP contribution in [0.3, 0.4) is 0 Å². The first kappa shape index (κ1) is 14.9. The lowest BCUT2D eigenvalue weighted by Gasteiger charge is -2.32. The summed E-state index contributed by atoms with van der Waals surface area (Å²) in [5, 5.41) is 8.50. The van der Waals surface area contributed by atoms with Crippen LogP contribution in [0.5, 0.6) is 0 Å². The van der Waals surface area contributed by atoms with E-state index >= 15 is 0 Å². The fourth-order valence-electron chi connectivity index (χ4n) is 2.32. The first-order valence-electron chi connectivity index (χ1n) is 6.49. The lowest BCUT2D eigenvalue weighted by atomic mass is 9.99. The van der Waals surface area contributed by atoms with Gasteiger partial charge in [0.2, 0.25) is 5.91 Å². The van der Waals surface area contributed by atoms with Crippen molar-refractivity contribution in [3.05, 3.63) is 0 Å². The van der Waals surface area contributed by atoms with Crippen molar-refractivity contribution in [3.63, 3.8) is 0 Å². The number of carbonyl (C=O) groups excluding carboxylic acids is 1. The van der Waals surface area contributed by atoms with Gasteiger partial charge < -0.3 is 9.64 Å². The van der Waals surface area contributed by atoms with E-state index in [9.17, 15) is 4.79 Å². The molecule has 1 aliphatic rings. The van der Waals surface area contributed by atoms with Gasteiger partial charge in [0, 0.05) is 27.2 Å². The van der Waals surface area contributed by atoms with Crippen LogP contribution in [0.25, 0.3) is 0 Å². The number of piperidine rings is 1. The number of nitriles is 1. The Morgan fingerprint density at radius 1 is 1.61 bits per heavy atom. The van der Waals surface area contributed by atoms with Crippen molar-refractivity contribution in [3.8, 4) is 6.07 Å². The fourth-order valence-corrected chi connectivity index (χ4v) is 2.32. The number of rotatable bonds is 6. The molecule has 0 saturated carbocycles. The van der Waals surface area contributed by atoms with Crippen LogP contribution in [0.2, 0.25) is 0 Å². The van der Waals surface area contributed by atoms with E-state index in [0.29, 0.717) is 25.4 Å². The third-order valence-electron chi connectivity index (χ3n) is 3.35. The van der Waals surface area contributed by atoms with Crippen molar-refractivity contribution in [2.24, 2.45) is 5.92 Å². The van der Waals surface area contributed by atoms with E-state index in [-0.39, 0.29) is 5.91 Å². The molecule has 1 fully saturated rings. The van der Waals surface area contributed by atoms with Gasteiger partial charge in [-0.3, -0.25) is 9.69 Å². The summed E-state index contributed by atoms with van der Waals surface area (Å²) >= 11 is 0. The second kappa shape index (κ2) is 8.06. The van der Waals surface area contributed by atoms with E-state index in [4.69, 9.17) is 10.00 Å². The Bertz CT molecular complexity index is 299. The zero-order valence-corrected chi connectivity index (χ0v) is 11.4. The Morgan fingerprint density at radius 2 is 2.39 bits per heavy atom. The largest absolute Gasteiger partial charge is 0.384 e. The highest BCUT2D eigenvalue weighted by molar-refractivity contribution is 5.78. The molecule has 0 aromatic heterocycles. The van der Waals surface area contributed by atoms with Crippen LogP contribution in [0.4, 0.5) is 0 Å². The maximum absolute atomic E-state index is 11.9. The quantitative estimate of drug-likeness (QED) is 0.700. The predicted octanol–water partition coefficient (Wildman–Crippen LogP) is 0.717. The normalized spacial score (nSPS) is 20.4. The number of nitrogens with zero attached hydrogens (tertiary/aromatic N) is 3. The van der Waals surface area contributed by atoms with Gasteiger partial charge >= 0.3 is 0 Å². The van der Waals surface area contributed by atoms with Crippen molar-refractivity contribution < 1.29 is 9.53 Å².